The van der Waals surface area contributed by atoms with E-state index in [1.165, 1.54) is 0 Å². The van der Waals surface area contributed by atoms with Gasteiger partial charge in [0.05, 0.1) is 6.04 Å². The molecule has 0 radical (unpaired) electrons. The monoisotopic (exact) mass is 218 g/mol. The molecule has 1 aromatic carbocycles. The van der Waals surface area contributed by atoms with Gasteiger partial charge in [-0.05, 0) is 12.0 Å². The van der Waals surface area contributed by atoms with E-state index in [4.69, 9.17) is 10.8 Å². The molecule has 0 aliphatic rings. The molecule has 0 bridgehead atoms. The number of aliphatic hydroxyl groups is 1. The van der Waals surface area contributed by atoms with Gasteiger partial charge in [0.2, 0.25) is 0 Å². The van der Waals surface area contributed by atoms with Crippen molar-refractivity contribution in [1.29, 1.82) is 0 Å². The Morgan fingerprint density at radius 1 is 1.31 bits per heavy atom. The summed E-state index contributed by atoms with van der Waals surface area (Å²) in [5.41, 5.74) is 7.11. The topological polar surface area (TPSA) is 87.8 Å². The molecule has 0 fully saturated rings. The molecule has 1 atom stereocenters. The minimum atomic E-state index is -0.251. The third-order valence-electron chi connectivity index (χ3n) is 2.33. The van der Waals surface area contributed by atoms with Crippen LogP contribution in [0.4, 0.5) is 0 Å². The van der Waals surface area contributed by atoms with Crippen LogP contribution in [0.25, 0.3) is 0 Å². The van der Waals surface area contributed by atoms with Crippen LogP contribution in [-0.4, -0.2) is 20.3 Å². The highest BCUT2D eigenvalue weighted by Crippen LogP contribution is 2.12. The largest absolute Gasteiger partial charge is 0.388 e. The smallest absolute Gasteiger partial charge is 0.167 e. The fraction of sp³-hybridized carbons (Fsp3) is 0.273. The Labute approximate surface area is 93.3 Å². The van der Waals surface area contributed by atoms with E-state index in [9.17, 15) is 0 Å². The average molecular weight is 218 g/mol. The summed E-state index contributed by atoms with van der Waals surface area (Å²) >= 11 is 0. The van der Waals surface area contributed by atoms with Gasteiger partial charge < -0.3 is 10.8 Å². The van der Waals surface area contributed by atoms with Crippen LogP contribution in [0.2, 0.25) is 0 Å². The fourth-order valence-electron chi connectivity index (χ4n) is 1.51. The van der Waals surface area contributed by atoms with E-state index in [-0.39, 0.29) is 12.6 Å². The lowest BCUT2D eigenvalue weighted by molar-refractivity contribution is 0.271. The van der Waals surface area contributed by atoms with Gasteiger partial charge in [-0.25, -0.2) is 4.98 Å². The number of hydrogen-bond donors (Lipinski definition) is 3. The van der Waals surface area contributed by atoms with Crippen LogP contribution in [0.1, 0.15) is 23.3 Å². The quantitative estimate of drug-likeness (QED) is 0.699. The maximum atomic E-state index is 8.85. The van der Waals surface area contributed by atoms with Crippen molar-refractivity contribution in [3.05, 3.63) is 47.5 Å². The highest BCUT2D eigenvalue weighted by atomic mass is 16.3. The van der Waals surface area contributed by atoms with Gasteiger partial charge >= 0.3 is 0 Å². The number of nitrogens with one attached hydrogen (secondary N) is 1. The van der Waals surface area contributed by atoms with E-state index in [2.05, 4.69) is 15.2 Å². The van der Waals surface area contributed by atoms with E-state index in [0.29, 0.717) is 18.1 Å². The first-order chi connectivity index (χ1) is 7.79. The third kappa shape index (κ3) is 2.44. The zero-order valence-electron chi connectivity index (χ0n) is 8.80. The second-order valence-corrected chi connectivity index (χ2v) is 3.59. The predicted molar refractivity (Wildman–Crippen MR) is 59.4 cm³/mol. The van der Waals surface area contributed by atoms with Crippen LogP contribution in [-0.2, 0) is 13.0 Å². The van der Waals surface area contributed by atoms with Crippen molar-refractivity contribution in [3.8, 4) is 0 Å². The van der Waals surface area contributed by atoms with Gasteiger partial charge in [0, 0.05) is 0 Å². The van der Waals surface area contributed by atoms with Crippen molar-refractivity contribution in [1.82, 2.24) is 15.2 Å². The summed E-state index contributed by atoms with van der Waals surface area (Å²) in [4.78, 5) is 4.08. The Hall–Kier alpha value is -1.72. The summed E-state index contributed by atoms with van der Waals surface area (Å²) in [5, 5.41) is 15.4. The zero-order chi connectivity index (χ0) is 11.4. The first kappa shape index (κ1) is 10.8. The summed E-state index contributed by atoms with van der Waals surface area (Å²) < 4.78 is 0. The summed E-state index contributed by atoms with van der Waals surface area (Å²) in [7, 11) is 0. The van der Waals surface area contributed by atoms with Crippen LogP contribution in [0.15, 0.2) is 30.3 Å². The Morgan fingerprint density at radius 2 is 2.06 bits per heavy atom. The maximum Gasteiger partial charge on any atom is 0.167 e. The van der Waals surface area contributed by atoms with Crippen LogP contribution in [0.3, 0.4) is 0 Å². The summed E-state index contributed by atoms with van der Waals surface area (Å²) in [6, 6.07) is 9.68. The normalized spacial score (nSPS) is 12.6. The fourth-order valence-corrected chi connectivity index (χ4v) is 1.51. The molecule has 84 valence electrons. The zero-order valence-corrected chi connectivity index (χ0v) is 8.80. The Morgan fingerprint density at radius 3 is 2.69 bits per heavy atom. The molecule has 5 nitrogen and oxygen atoms in total. The van der Waals surface area contributed by atoms with E-state index in [1.807, 2.05) is 30.3 Å². The standard InChI is InChI=1S/C11H14N4O/c12-9(6-8-4-2-1-3-5-8)11-13-10(7-16)14-15-11/h1-5,9,16H,6-7,12H2,(H,13,14,15)/t9-/m1/s1. The highest BCUT2D eigenvalue weighted by molar-refractivity contribution is 5.17. The van der Waals surface area contributed by atoms with Gasteiger partial charge in [-0.1, -0.05) is 30.3 Å². The van der Waals surface area contributed by atoms with Gasteiger partial charge in [-0.3, -0.25) is 5.10 Å². The number of aromatic amines is 1. The number of nitrogens with two attached hydrogens (primary N) is 1. The average Bonchev–Trinajstić information content (AvgIpc) is 2.79. The van der Waals surface area contributed by atoms with Gasteiger partial charge in [0.1, 0.15) is 12.4 Å². The van der Waals surface area contributed by atoms with E-state index in [1.54, 1.807) is 0 Å². The molecule has 0 unspecified atom stereocenters. The second-order valence-electron chi connectivity index (χ2n) is 3.59. The highest BCUT2D eigenvalue weighted by Gasteiger charge is 2.12. The van der Waals surface area contributed by atoms with E-state index >= 15 is 0 Å². The number of aliphatic hydroxyl groups excluding tert-OH is 1. The minimum absolute atomic E-state index is 0.148. The first-order valence-electron chi connectivity index (χ1n) is 5.11. The molecule has 0 aliphatic heterocycles. The molecule has 1 heterocycles. The molecule has 1 aromatic heterocycles. The molecule has 0 saturated heterocycles. The summed E-state index contributed by atoms with van der Waals surface area (Å²) in [6.07, 6.45) is 0.684. The van der Waals surface area contributed by atoms with Crippen LogP contribution >= 0.6 is 0 Å². The molecule has 16 heavy (non-hydrogen) atoms. The number of rotatable bonds is 4. The Balaban J connectivity index is 2.05. The molecular weight excluding hydrogens is 204 g/mol. The molecule has 0 amide bonds. The summed E-state index contributed by atoms with van der Waals surface area (Å²) in [6.45, 7) is -0.148. The van der Waals surface area contributed by atoms with Crippen molar-refractivity contribution in [2.75, 3.05) is 0 Å². The second kappa shape index (κ2) is 4.87. The minimum Gasteiger partial charge on any atom is -0.388 e. The number of hydrogen-bond acceptors (Lipinski definition) is 4. The van der Waals surface area contributed by atoms with Crippen LogP contribution in [0, 0.1) is 0 Å². The molecule has 0 spiro atoms. The van der Waals surface area contributed by atoms with Crippen molar-refractivity contribution in [3.63, 3.8) is 0 Å². The number of aromatic nitrogens is 3. The lowest BCUT2D eigenvalue weighted by atomic mass is 10.1. The van der Waals surface area contributed by atoms with Crippen molar-refractivity contribution < 1.29 is 5.11 Å². The predicted octanol–water partition coefficient (Wildman–Crippen LogP) is 0.539. The van der Waals surface area contributed by atoms with Crippen molar-refractivity contribution in [2.24, 2.45) is 5.73 Å². The summed E-state index contributed by atoms with van der Waals surface area (Å²) in [5.74, 6) is 0.978. The van der Waals surface area contributed by atoms with Gasteiger partial charge in [0.25, 0.3) is 0 Å². The molecular formula is C11H14N4O. The number of H-pyrrole nitrogens is 1. The van der Waals surface area contributed by atoms with Gasteiger partial charge in [-0.15, -0.1) is 0 Å². The molecule has 0 saturated carbocycles. The molecule has 4 N–H and O–H groups in total. The Bertz CT molecular complexity index is 440. The lowest BCUT2D eigenvalue weighted by Gasteiger charge is -2.06. The van der Waals surface area contributed by atoms with Gasteiger partial charge in [0.15, 0.2) is 5.82 Å². The number of nitrogens with zero attached hydrogens (tertiary/aromatic N) is 2. The molecule has 2 rings (SSSR count). The van der Waals surface area contributed by atoms with Gasteiger partial charge in [-0.2, -0.15) is 5.10 Å². The first-order valence-corrected chi connectivity index (χ1v) is 5.11. The maximum absolute atomic E-state index is 8.85. The SMILES string of the molecule is N[C@H](Cc1ccccc1)c1n[nH]c(CO)n1. The lowest BCUT2D eigenvalue weighted by Crippen LogP contribution is -2.15. The third-order valence-corrected chi connectivity index (χ3v) is 2.33. The molecule has 5 heteroatoms. The van der Waals surface area contributed by atoms with E-state index in [0.717, 1.165) is 5.56 Å². The number of benzene rings is 1. The van der Waals surface area contributed by atoms with Crippen molar-refractivity contribution in [2.45, 2.75) is 19.1 Å². The Kier molecular flexibility index (Phi) is 3.28. The molecule has 2 aromatic rings. The van der Waals surface area contributed by atoms with Crippen LogP contribution < -0.4 is 5.73 Å². The molecule has 0 aliphatic carbocycles. The van der Waals surface area contributed by atoms with Crippen LogP contribution in [0.5, 0.6) is 0 Å². The van der Waals surface area contributed by atoms with E-state index < -0.39 is 0 Å². The van der Waals surface area contributed by atoms with Crippen molar-refractivity contribution >= 4 is 0 Å².